The highest BCUT2D eigenvalue weighted by Gasteiger charge is 2.27. The predicted octanol–water partition coefficient (Wildman–Crippen LogP) is 1.45. The first-order chi connectivity index (χ1) is 6.99. The highest BCUT2D eigenvalue weighted by molar-refractivity contribution is 7.91. The third kappa shape index (κ3) is 5.52. The second-order valence-corrected chi connectivity index (χ2v) is 7.24. The van der Waals surface area contributed by atoms with Crippen LogP contribution in [0.4, 0.5) is 0 Å². The van der Waals surface area contributed by atoms with Gasteiger partial charge in [0.2, 0.25) is 0 Å². The van der Waals surface area contributed by atoms with E-state index in [9.17, 15) is 8.42 Å². The summed E-state index contributed by atoms with van der Waals surface area (Å²) in [7, 11) is -2.69. The van der Waals surface area contributed by atoms with E-state index in [4.69, 9.17) is 0 Å². The monoisotopic (exact) mass is 233 g/mol. The Bertz CT molecular complexity index is 272. The van der Waals surface area contributed by atoms with Crippen LogP contribution in [0.1, 0.15) is 33.1 Å². The summed E-state index contributed by atoms with van der Waals surface area (Å²) in [6.07, 6.45) is 3.28. The van der Waals surface area contributed by atoms with Crippen molar-refractivity contribution in [3.8, 4) is 0 Å². The summed E-state index contributed by atoms with van der Waals surface area (Å²) < 4.78 is 22.4. The average molecular weight is 233 g/mol. The van der Waals surface area contributed by atoms with E-state index in [1.807, 2.05) is 0 Å². The van der Waals surface area contributed by atoms with Gasteiger partial charge in [-0.25, -0.2) is 8.42 Å². The molecule has 1 rings (SSSR count). The Morgan fingerprint density at radius 1 is 1.40 bits per heavy atom. The molecule has 1 heterocycles. The normalized spacial score (nSPS) is 24.9. The van der Waals surface area contributed by atoms with Crippen LogP contribution in [0.3, 0.4) is 0 Å². The van der Waals surface area contributed by atoms with Crippen molar-refractivity contribution in [3.05, 3.63) is 0 Å². The van der Waals surface area contributed by atoms with Crippen LogP contribution in [0.2, 0.25) is 0 Å². The van der Waals surface area contributed by atoms with Gasteiger partial charge in [0.05, 0.1) is 11.5 Å². The summed E-state index contributed by atoms with van der Waals surface area (Å²) in [5.41, 5.74) is 0. The van der Waals surface area contributed by atoms with Gasteiger partial charge in [-0.2, -0.15) is 0 Å². The molecule has 0 bridgehead atoms. The van der Waals surface area contributed by atoms with Gasteiger partial charge >= 0.3 is 0 Å². The Morgan fingerprint density at radius 2 is 2.13 bits per heavy atom. The van der Waals surface area contributed by atoms with Crippen molar-refractivity contribution in [2.24, 2.45) is 11.8 Å². The number of hydrogen-bond donors (Lipinski definition) is 1. The Balaban J connectivity index is 2.02. The number of hydrogen-bond acceptors (Lipinski definition) is 3. The maximum atomic E-state index is 11.2. The van der Waals surface area contributed by atoms with Crippen molar-refractivity contribution in [2.45, 2.75) is 33.1 Å². The average Bonchev–Trinajstić information content (AvgIpc) is 2.44. The first kappa shape index (κ1) is 13.0. The molecule has 1 saturated heterocycles. The summed E-state index contributed by atoms with van der Waals surface area (Å²) in [4.78, 5) is 0. The van der Waals surface area contributed by atoms with Gasteiger partial charge in [-0.15, -0.1) is 0 Å². The van der Waals surface area contributed by atoms with E-state index in [0.717, 1.165) is 25.4 Å². The SMILES string of the molecule is CC(C)CCCNC[C@@H]1CCS(=O)(=O)C1. The number of sulfone groups is 1. The van der Waals surface area contributed by atoms with Gasteiger partial charge in [0.1, 0.15) is 0 Å². The van der Waals surface area contributed by atoms with Crippen molar-refractivity contribution in [3.63, 3.8) is 0 Å². The van der Waals surface area contributed by atoms with Gasteiger partial charge in [-0.1, -0.05) is 13.8 Å². The van der Waals surface area contributed by atoms with E-state index in [-0.39, 0.29) is 0 Å². The fourth-order valence-corrected chi connectivity index (χ4v) is 3.84. The van der Waals surface area contributed by atoms with Crippen LogP contribution >= 0.6 is 0 Å². The van der Waals surface area contributed by atoms with Crippen LogP contribution in [-0.2, 0) is 9.84 Å². The second-order valence-electron chi connectivity index (χ2n) is 5.01. The Labute approximate surface area is 93.6 Å². The number of rotatable bonds is 6. The summed E-state index contributed by atoms with van der Waals surface area (Å²) in [6, 6.07) is 0. The smallest absolute Gasteiger partial charge is 0.150 e. The van der Waals surface area contributed by atoms with E-state index >= 15 is 0 Å². The van der Waals surface area contributed by atoms with E-state index in [2.05, 4.69) is 19.2 Å². The second kappa shape index (κ2) is 5.85. The van der Waals surface area contributed by atoms with Crippen molar-refractivity contribution in [1.82, 2.24) is 5.32 Å². The van der Waals surface area contributed by atoms with Crippen molar-refractivity contribution < 1.29 is 8.42 Å². The minimum absolute atomic E-state index is 0.356. The van der Waals surface area contributed by atoms with E-state index in [1.54, 1.807) is 0 Å². The third-order valence-electron chi connectivity index (χ3n) is 2.89. The molecule has 0 aromatic rings. The lowest BCUT2D eigenvalue weighted by atomic mass is 10.1. The molecule has 15 heavy (non-hydrogen) atoms. The van der Waals surface area contributed by atoms with E-state index in [1.165, 1.54) is 12.8 Å². The Morgan fingerprint density at radius 3 is 2.67 bits per heavy atom. The van der Waals surface area contributed by atoms with Crippen molar-refractivity contribution in [1.29, 1.82) is 0 Å². The lowest BCUT2D eigenvalue weighted by molar-refractivity contribution is 0.485. The van der Waals surface area contributed by atoms with Crippen LogP contribution in [0.25, 0.3) is 0 Å². The van der Waals surface area contributed by atoms with Crippen LogP contribution in [0.15, 0.2) is 0 Å². The molecular weight excluding hydrogens is 210 g/mol. The van der Waals surface area contributed by atoms with Gasteiger partial charge < -0.3 is 5.32 Å². The molecule has 0 unspecified atom stereocenters. The van der Waals surface area contributed by atoms with Gasteiger partial charge in [0.25, 0.3) is 0 Å². The first-order valence-electron chi connectivity index (χ1n) is 5.91. The van der Waals surface area contributed by atoms with Crippen LogP contribution in [-0.4, -0.2) is 33.0 Å². The van der Waals surface area contributed by atoms with Gasteiger partial charge in [0, 0.05) is 0 Å². The molecule has 0 aliphatic carbocycles. The molecule has 0 amide bonds. The summed E-state index contributed by atoms with van der Waals surface area (Å²) in [6.45, 7) is 6.35. The van der Waals surface area contributed by atoms with Crippen molar-refractivity contribution in [2.75, 3.05) is 24.6 Å². The summed E-state index contributed by atoms with van der Waals surface area (Å²) in [5.74, 6) is 1.91. The maximum absolute atomic E-state index is 11.2. The summed E-state index contributed by atoms with van der Waals surface area (Å²) >= 11 is 0. The molecular formula is C11H23NO2S. The van der Waals surface area contributed by atoms with Gasteiger partial charge in [0.15, 0.2) is 9.84 Å². The van der Waals surface area contributed by atoms with Gasteiger partial charge in [-0.05, 0) is 44.2 Å². The first-order valence-corrected chi connectivity index (χ1v) is 7.73. The largest absolute Gasteiger partial charge is 0.316 e. The molecule has 1 atom stereocenters. The minimum Gasteiger partial charge on any atom is -0.316 e. The zero-order valence-corrected chi connectivity index (χ0v) is 10.6. The standard InChI is InChI=1S/C11H23NO2S/c1-10(2)4-3-6-12-8-11-5-7-15(13,14)9-11/h10-12H,3-9H2,1-2H3/t11-/m0/s1. The molecule has 3 nitrogen and oxygen atoms in total. The topological polar surface area (TPSA) is 46.2 Å². The Kier molecular flexibility index (Phi) is 5.06. The molecule has 1 fully saturated rings. The predicted molar refractivity (Wildman–Crippen MR) is 63.7 cm³/mol. The molecule has 90 valence electrons. The lowest BCUT2D eigenvalue weighted by Crippen LogP contribution is -2.24. The highest BCUT2D eigenvalue weighted by atomic mass is 32.2. The minimum atomic E-state index is -2.69. The quantitative estimate of drug-likeness (QED) is 0.706. The third-order valence-corrected chi connectivity index (χ3v) is 4.73. The zero-order valence-electron chi connectivity index (χ0n) is 9.83. The molecule has 1 N–H and O–H groups in total. The molecule has 1 aliphatic rings. The maximum Gasteiger partial charge on any atom is 0.150 e. The molecule has 0 spiro atoms. The van der Waals surface area contributed by atoms with Crippen LogP contribution in [0.5, 0.6) is 0 Å². The zero-order chi connectivity index (χ0) is 11.3. The van der Waals surface area contributed by atoms with Gasteiger partial charge in [-0.3, -0.25) is 0 Å². The Hall–Kier alpha value is -0.0900. The molecule has 1 aliphatic heterocycles. The molecule has 4 heteroatoms. The van der Waals surface area contributed by atoms with E-state index < -0.39 is 9.84 Å². The molecule has 0 saturated carbocycles. The summed E-state index contributed by atoms with van der Waals surface area (Å²) in [5, 5.41) is 3.36. The highest BCUT2D eigenvalue weighted by Crippen LogP contribution is 2.17. The van der Waals surface area contributed by atoms with Crippen LogP contribution in [0, 0.1) is 11.8 Å². The molecule has 0 aromatic carbocycles. The van der Waals surface area contributed by atoms with E-state index in [0.29, 0.717) is 17.4 Å². The molecule has 0 radical (unpaired) electrons. The fraction of sp³-hybridized carbons (Fsp3) is 1.00. The van der Waals surface area contributed by atoms with Crippen LogP contribution < -0.4 is 5.32 Å². The number of nitrogens with one attached hydrogen (secondary N) is 1. The lowest BCUT2D eigenvalue weighted by Gasteiger charge is -2.10. The molecule has 0 aromatic heterocycles. The fourth-order valence-electron chi connectivity index (χ4n) is 1.97. The van der Waals surface area contributed by atoms with Crippen molar-refractivity contribution >= 4 is 9.84 Å².